The van der Waals surface area contributed by atoms with Crippen molar-refractivity contribution in [3.8, 4) is 0 Å². The average molecular weight is 162 g/mol. The van der Waals surface area contributed by atoms with Crippen LogP contribution in [-0.2, 0) is 4.84 Å². The Hall–Kier alpha value is -1.50. The van der Waals surface area contributed by atoms with Gasteiger partial charge in [-0.1, -0.05) is 0 Å². The number of nitrogens with two attached hydrogens (primary N) is 1. The SMILES string of the molecule is CCONC(=O)NNC(N)=O. The van der Waals surface area contributed by atoms with Gasteiger partial charge in [0.15, 0.2) is 0 Å². The van der Waals surface area contributed by atoms with Crippen molar-refractivity contribution in [3.63, 3.8) is 0 Å². The molecule has 0 aromatic rings. The Morgan fingerprint density at radius 1 is 1.45 bits per heavy atom. The van der Waals surface area contributed by atoms with Crippen LogP contribution in [0.15, 0.2) is 0 Å². The van der Waals surface area contributed by atoms with E-state index in [4.69, 9.17) is 0 Å². The molecule has 0 aromatic heterocycles. The largest absolute Gasteiger partial charge is 0.357 e. The maximum absolute atomic E-state index is 10.5. The second-order valence-corrected chi connectivity index (χ2v) is 1.48. The van der Waals surface area contributed by atoms with Crippen molar-refractivity contribution in [2.45, 2.75) is 6.92 Å². The van der Waals surface area contributed by atoms with Crippen molar-refractivity contribution >= 4 is 12.1 Å². The van der Waals surface area contributed by atoms with Crippen LogP contribution in [0, 0.1) is 0 Å². The zero-order valence-electron chi connectivity index (χ0n) is 6.01. The predicted molar refractivity (Wildman–Crippen MR) is 36.0 cm³/mol. The Morgan fingerprint density at radius 2 is 2.09 bits per heavy atom. The number of urea groups is 2. The number of rotatable bonds is 2. The first kappa shape index (κ1) is 9.50. The molecule has 4 amide bonds. The first-order valence-electron chi connectivity index (χ1n) is 2.90. The van der Waals surface area contributed by atoms with Gasteiger partial charge in [-0.3, -0.25) is 4.84 Å². The highest BCUT2D eigenvalue weighted by atomic mass is 16.7. The Morgan fingerprint density at radius 3 is 2.55 bits per heavy atom. The molecule has 0 radical (unpaired) electrons. The van der Waals surface area contributed by atoms with E-state index in [1.807, 2.05) is 16.3 Å². The summed E-state index contributed by atoms with van der Waals surface area (Å²) in [7, 11) is 0. The lowest BCUT2D eigenvalue weighted by Crippen LogP contribution is -2.48. The van der Waals surface area contributed by atoms with Crippen molar-refractivity contribution < 1.29 is 14.4 Å². The number of hydrogen-bond acceptors (Lipinski definition) is 3. The smallest absolute Gasteiger partial charge is 0.350 e. The molecule has 7 nitrogen and oxygen atoms in total. The number of hydrazine groups is 1. The fourth-order valence-electron chi connectivity index (χ4n) is 0.282. The summed E-state index contributed by atoms with van der Waals surface area (Å²) in [4.78, 5) is 25.0. The van der Waals surface area contributed by atoms with Crippen molar-refractivity contribution in [2.24, 2.45) is 5.73 Å². The van der Waals surface area contributed by atoms with E-state index in [1.54, 1.807) is 6.92 Å². The van der Waals surface area contributed by atoms with E-state index >= 15 is 0 Å². The van der Waals surface area contributed by atoms with E-state index in [0.717, 1.165) is 0 Å². The first-order chi connectivity index (χ1) is 5.16. The van der Waals surface area contributed by atoms with Crippen LogP contribution in [0.4, 0.5) is 9.59 Å². The second-order valence-electron chi connectivity index (χ2n) is 1.48. The van der Waals surface area contributed by atoms with Gasteiger partial charge in [0.05, 0.1) is 6.61 Å². The van der Waals surface area contributed by atoms with Gasteiger partial charge in [-0.25, -0.2) is 25.9 Å². The Bertz CT molecular complexity index is 148. The average Bonchev–Trinajstić information content (AvgIpc) is 1.97. The molecule has 0 aliphatic carbocycles. The molecular formula is C4H10N4O3. The number of amides is 4. The molecule has 0 heterocycles. The minimum Gasteiger partial charge on any atom is -0.350 e. The second kappa shape index (κ2) is 5.30. The molecule has 0 bridgehead atoms. The number of hydroxylamine groups is 1. The molecule has 0 unspecified atom stereocenters. The van der Waals surface area contributed by atoms with E-state index in [9.17, 15) is 9.59 Å². The molecule has 0 fully saturated rings. The summed E-state index contributed by atoms with van der Waals surface area (Å²) in [6.45, 7) is 2.03. The van der Waals surface area contributed by atoms with Crippen LogP contribution in [0.5, 0.6) is 0 Å². The number of carbonyl (C=O) groups excluding carboxylic acids is 2. The van der Waals surface area contributed by atoms with Gasteiger partial charge in [-0.2, -0.15) is 0 Å². The zero-order valence-corrected chi connectivity index (χ0v) is 6.01. The van der Waals surface area contributed by atoms with Crippen LogP contribution in [0.25, 0.3) is 0 Å². The third-order valence-electron chi connectivity index (χ3n) is 0.608. The van der Waals surface area contributed by atoms with E-state index in [0.29, 0.717) is 6.61 Å². The molecule has 7 heteroatoms. The van der Waals surface area contributed by atoms with E-state index in [2.05, 4.69) is 10.6 Å². The van der Waals surface area contributed by atoms with Gasteiger partial charge in [0.1, 0.15) is 0 Å². The van der Waals surface area contributed by atoms with Gasteiger partial charge in [-0.15, -0.1) is 0 Å². The van der Waals surface area contributed by atoms with Crippen molar-refractivity contribution in [1.82, 2.24) is 16.3 Å². The molecule has 11 heavy (non-hydrogen) atoms. The first-order valence-corrected chi connectivity index (χ1v) is 2.90. The summed E-state index contributed by atoms with van der Waals surface area (Å²) >= 11 is 0. The summed E-state index contributed by atoms with van der Waals surface area (Å²) < 4.78 is 0. The van der Waals surface area contributed by atoms with Gasteiger partial charge < -0.3 is 5.73 Å². The Balaban J connectivity index is 3.30. The lowest BCUT2D eigenvalue weighted by molar-refractivity contribution is 0.0697. The van der Waals surface area contributed by atoms with E-state index in [-0.39, 0.29) is 0 Å². The van der Waals surface area contributed by atoms with E-state index < -0.39 is 12.1 Å². The Labute approximate surface area is 63.2 Å². The minimum atomic E-state index is -0.850. The van der Waals surface area contributed by atoms with E-state index in [1.165, 1.54) is 0 Å². The highest BCUT2D eigenvalue weighted by Crippen LogP contribution is 1.64. The van der Waals surface area contributed by atoms with Gasteiger partial charge in [0.25, 0.3) is 0 Å². The van der Waals surface area contributed by atoms with Crippen LogP contribution in [0.1, 0.15) is 6.92 Å². The number of carbonyl (C=O) groups is 2. The van der Waals surface area contributed by atoms with Crippen molar-refractivity contribution in [3.05, 3.63) is 0 Å². The standard InChI is InChI=1S/C4H10N4O3/c1-2-11-8-4(10)7-6-3(5)9/h2H2,1H3,(H3,5,6,9)(H2,7,8,10). The molecule has 0 saturated carbocycles. The lowest BCUT2D eigenvalue weighted by Gasteiger charge is -2.04. The topological polar surface area (TPSA) is 105 Å². The van der Waals surface area contributed by atoms with Crippen LogP contribution in [0.3, 0.4) is 0 Å². The molecule has 0 spiro atoms. The van der Waals surface area contributed by atoms with Gasteiger partial charge in [0, 0.05) is 0 Å². The molecule has 0 saturated heterocycles. The van der Waals surface area contributed by atoms with Crippen LogP contribution in [-0.4, -0.2) is 18.7 Å². The fourth-order valence-corrected chi connectivity index (χ4v) is 0.282. The number of nitrogens with one attached hydrogen (secondary N) is 3. The van der Waals surface area contributed by atoms with Crippen LogP contribution >= 0.6 is 0 Å². The summed E-state index contributed by atoms with van der Waals surface area (Å²) in [6.07, 6.45) is 0. The molecular weight excluding hydrogens is 152 g/mol. The van der Waals surface area contributed by atoms with Gasteiger partial charge in [0.2, 0.25) is 0 Å². The maximum Gasteiger partial charge on any atom is 0.357 e. The third kappa shape index (κ3) is 6.38. The highest BCUT2D eigenvalue weighted by molar-refractivity contribution is 5.78. The summed E-state index contributed by atoms with van der Waals surface area (Å²) in [5.41, 5.74) is 10.4. The van der Waals surface area contributed by atoms with Crippen molar-refractivity contribution in [2.75, 3.05) is 6.61 Å². The molecule has 0 atom stereocenters. The molecule has 5 N–H and O–H groups in total. The monoisotopic (exact) mass is 162 g/mol. The van der Waals surface area contributed by atoms with Gasteiger partial charge in [-0.05, 0) is 6.92 Å². The number of hydrogen-bond donors (Lipinski definition) is 4. The third-order valence-corrected chi connectivity index (χ3v) is 0.608. The molecule has 0 aliphatic heterocycles. The quantitative estimate of drug-likeness (QED) is 0.384. The molecule has 0 rings (SSSR count). The minimum absolute atomic E-state index is 0.337. The predicted octanol–water partition coefficient (Wildman–Crippen LogP) is -1.18. The number of primary amides is 1. The fraction of sp³-hybridized carbons (Fsp3) is 0.500. The normalized spacial score (nSPS) is 8.45. The highest BCUT2D eigenvalue weighted by Gasteiger charge is 1.97. The maximum atomic E-state index is 10.5. The molecule has 64 valence electrons. The summed E-state index contributed by atoms with van der Waals surface area (Å²) in [5.74, 6) is 0. The van der Waals surface area contributed by atoms with Crippen LogP contribution < -0.4 is 22.1 Å². The van der Waals surface area contributed by atoms with Gasteiger partial charge >= 0.3 is 12.1 Å². The van der Waals surface area contributed by atoms with Crippen LogP contribution in [0.2, 0.25) is 0 Å². The lowest BCUT2D eigenvalue weighted by atomic mass is 10.9. The van der Waals surface area contributed by atoms with Crippen molar-refractivity contribution in [1.29, 1.82) is 0 Å². The Kier molecular flexibility index (Phi) is 4.58. The summed E-state index contributed by atoms with van der Waals surface area (Å²) in [6, 6.07) is -1.54. The zero-order chi connectivity index (χ0) is 8.69. The molecule has 0 aromatic carbocycles. The summed E-state index contributed by atoms with van der Waals surface area (Å²) in [5, 5.41) is 0. The molecule has 0 aliphatic rings.